The van der Waals surface area contributed by atoms with E-state index in [0.717, 1.165) is 25.9 Å². The minimum absolute atomic E-state index is 0.289. The van der Waals surface area contributed by atoms with E-state index in [1.165, 1.54) is 11.1 Å². The highest BCUT2D eigenvalue weighted by Gasteiger charge is 2.34. The van der Waals surface area contributed by atoms with Crippen LogP contribution >= 0.6 is 11.6 Å². The molecule has 1 aliphatic heterocycles. The minimum atomic E-state index is -0.815. The van der Waals surface area contributed by atoms with Gasteiger partial charge in [0.15, 0.2) is 0 Å². The predicted octanol–water partition coefficient (Wildman–Crippen LogP) is 4.05. The number of rotatable bonds is 5. The van der Waals surface area contributed by atoms with Crippen LogP contribution in [-0.4, -0.2) is 35.3 Å². The summed E-state index contributed by atoms with van der Waals surface area (Å²) in [6.45, 7) is 4.89. The normalized spacial score (nSPS) is 21.6. The van der Waals surface area contributed by atoms with E-state index >= 15 is 0 Å². The van der Waals surface area contributed by atoms with Crippen LogP contribution < -0.4 is 4.74 Å². The van der Waals surface area contributed by atoms with Gasteiger partial charge in [0.2, 0.25) is 0 Å². The predicted molar refractivity (Wildman–Crippen MR) is 97.6 cm³/mol. The van der Waals surface area contributed by atoms with Crippen molar-refractivity contribution in [3.8, 4) is 5.75 Å². The third-order valence-electron chi connectivity index (χ3n) is 4.43. The highest BCUT2D eigenvalue weighted by molar-refractivity contribution is 6.30. The molecular formula is C20H24ClNO2. The number of β-amino-alcohol motifs (C(OH)–C–C–N with tert-alkyl or cyclic N) is 1. The van der Waals surface area contributed by atoms with E-state index in [4.69, 9.17) is 16.3 Å². The fraction of sp³-hybridized carbons (Fsp3) is 0.400. The lowest BCUT2D eigenvalue weighted by Gasteiger charge is -2.39. The lowest BCUT2D eigenvalue weighted by atomic mass is 9.93. The van der Waals surface area contributed by atoms with Crippen molar-refractivity contribution >= 4 is 11.6 Å². The first kappa shape index (κ1) is 17.3. The molecule has 1 saturated heterocycles. The zero-order valence-electron chi connectivity index (χ0n) is 14.0. The zero-order valence-corrected chi connectivity index (χ0v) is 14.8. The van der Waals surface area contributed by atoms with Gasteiger partial charge in [-0.1, -0.05) is 47.5 Å². The molecule has 1 heterocycles. The monoisotopic (exact) mass is 345 g/mol. The van der Waals surface area contributed by atoms with Gasteiger partial charge in [0.05, 0.1) is 0 Å². The summed E-state index contributed by atoms with van der Waals surface area (Å²) in [4.78, 5) is 2.31. The Hall–Kier alpha value is -1.55. The Bertz CT molecular complexity index is 691. The van der Waals surface area contributed by atoms with Crippen LogP contribution in [0.2, 0.25) is 5.02 Å². The van der Waals surface area contributed by atoms with Crippen molar-refractivity contribution in [2.75, 3.05) is 19.7 Å². The summed E-state index contributed by atoms with van der Waals surface area (Å²) in [6.07, 6.45) is 1.74. The van der Waals surface area contributed by atoms with Crippen LogP contribution in [0.1, 0.15) is 24.0 Å². The maximum atomic E-state index is 10.9. The fourth-order valence-corrected chi connectivity index (χ4v) is 3.48. The number of piperidine rings is 1. The number of halogens is 1. The summed E-state index contributed by atoms with van der Waals surface area (Å²) in [5.41, 5.74) is 1.74. The molecular weight excluding hydrogens is 322 g/mol. The standard InChI is InChI=1S/C20H24ClNO2/c1-16-5-2-6-17(11-16)13-22-10-4-9-20(23,14-22)15-24-19-8-3-7-18(21)12-19/h2-3,5-8,11-12,23H,4,9-10,13-15H2,1H3. The molecule has 1 unspecified atom stereocenters. The highest BCUT2D eigenvalue weighted by Crippen LogP contribution is 2.25. The van der Waals surface area contributed by atoms with Gasteiger partial charge in [0, 0.05) is 18.1 Å². The number of benzene rings is 2. The highest BCUT2D eigenvalue weighted by atomic mass is 35.5. The van der Waals surface area contributed by atoms with Crippen LogP contribution in [0.25, 0.3) is 0 Å². The van der Waals surface area contributed by atoms with Crippen LogP contribution in [0.4, 0.5) is 0 Å². The van der Waals surface area contributed by atoms with E-state index in [-0.39, 0.29) is 6.61 Å². The van der Waals surface area contributed by atoms with Crippen molar-refractivity contribution in [3.63, 3.8) is 0 Å². The van der Waals surface area contributed by atoms with Gasteiger partial charge in [-0.15, -0.1) is 0 Å². The van der Waals surface area contributed by atoms with E-state index < -0.39 is 5.60 Å². The average molecular weight is 346 g/mol. The second kappa shape index (κ2) is 7.56. The first-order chi connectivity index (χ1) is 11.5. The number of aliphatic hydroxyl groups is 1. The maximum absolute atomic E-state index is 10.9. The molecule has 1 N–H and O–H groups in total. The van der Waals surface area contributed by atoms with Crippen molar-refractivity contribution in [2.45, 2.75) is 31.9 Å². The number of likely N-dealkylation sites (tertiary alicyclic amines) is 1. The van der Waals surface area contributed by atoms with Crippen molar-refractivity contribution in [2.24, 2.45) is 0 Å². The van der Waals surface area contributed by atoms with Gasteiger partial charge in [-0.3, -0.25) is 4.90 Å². The third kappa shape index (κ3) is 4.73. The summed E-state index contributed by atoms with van der Waals surface area (Å²) < 4.78 is 5.79. The Kier molecular flexibility index (Phi) is 5.44. The molecule has 2 aromatic rings. The van der Waals surface area contributed by atoms with E-state index in [1.807, 2.05) is 18.2 Å². The average Bonchev–Trinajstić information content (AvgIpc) is 2.53. The lowest BCUT2D eigenvalue weighted by molar-refractivity contribution is -0.0621. The van der Waals surface area contributed by atoms with Gasteiger partial charge >= 0.3 is 0 Å². The molecule has 24 heavy (non-hydrogen) atoms. The Morgan fingerprint density at radius 2 is 2.04 bits per heavy atom. The van der Waals surface area contributed by atoms with Gasteiger partial charge in [-0.05, 0) is 50.1 Å². The first-order valence-electron chi connectivity index (χ1n) is 8.41. The second-order valence-electron chi connectivity index (χ2n) is 6.77. The molecule has 128 valence electrons. The SMILES string of the molecule is Cc1cccc(CN2CCCC(O)(COc3cccc(Cl)c3)C2)c1. The van der Waals surface area contributed by atoms with Gasteiger partial charge in [0.25, 0.3) is 0 Å². The van der Waals surface area contributed by atoms with Crippen LogP contribution in [0, 0.1) is 6.92 Å². The van der Waals surface area contributed by atoms with E-state index in [1.54, 1.807) is 6.07 Å². The van der Waals surface area contributed by atoms with Crippen LogP contribution in [0.5, 0.6) is 5.75 Å². The second-order valence-corrected chi connectivity index (χ2v) is 7.21. The molecule has 2 aromatic carbocycles. The van der Waals surface area contributed by atoms with E-state index in [2.05, 4.69) is 36.1 Å². The molecule has 0 spiro atoms. The van der Waals surface area contributed by atoms with E-state index in [0.29, 0.717) is 17.3 Å². The summed E-state index contributed by atoms with van der Waals surface area (Å²) in [5, 5.41) is 11.5. The Labute approximate surface area is 148 Å². The molecule has 0 saturated carbocycles. The van der Waals surface area contributed by atoms with Crippen molar-refractivity contribution in [1.82, 2.24) is 4.90 Å². The molecule has 0 aromatic heterocycles. The van der Waals surface area contributed by atoms with Crippen LogP contribution in [0.3, 0.4) is 0 Å². The Morgan fingerprint density at radius 3 is 2.83 bits per heavy atom. The van der Waals surface area contributed by atoms with Crippen molar-refractivity contribution < 1.29 is 9.84 Å². The molecule has 3 nitrogen and oxygen atoms in total. The van der Waals surface area contributed by atoms with Crippen LogP contribution in [0.15, 0.2) is 48.5 Å². The number of aryl methyl sites for hydroxylation is 1. The molecule has 0 aliphatic carbocycles. The quantitative estimate of drug-likeness (QED) is 0.887. The number of nitrogens with zero attached hydrogens (tertiary/aromatic N) is 1. The van der Waals surface area contributed by atoms with Crippen LogP contribution in [-0.2, 0) is 6.54 Å². The molecule has 3 rings (SSSR count). The molecule has 1 atom stereocenters. The molecule has 0 bridgehead atoms. The fourth-order valence-electron chi connectivity index (χ4n) is 3.30. The van der Waals surface area contributed by atoms with Crippen molar-refractivity contribution in [3.05, 3.63) is 64.7 Å². The van der Waals surface area contributed by atoms with Gasteiger partial charge < -0.3 is 9.84 Å². The van der Waals surface area contributed by atoms with Gasteiger partial charge in [-0.25, -0.2) is 0 Å². The first-order valence-corrected chi connectivity index (χ1v) is 8.79. The van der Waals surface area contributed by atoms with Crippen molar-refractivity contribution in [1.29, 1.82) is 0 Å². The third-order valence-corrected chi connectivity index (χ3v) is 4.66. The molecule has 4 heteroatoms. The van der Waals surface area contributed by atoms with Gasteiger partial charge in [0.1, 0.15) is 18.0 Å². The number of hydrogen-bond donors (Lipinski definition) is 1. The number of hydrogen-bond acceptors (Lipinski definition) is 3. The minimum Gasteiger partial charge on any atom is -0.490 e. The Balaban J connectivity index is 1.59. The molecule has 0 radical (unpaired) electrons. The molecule has 0 amide bonds. The number of ether oxygens (including phenoxy) is 1. The summed E-state index contributed by atoms with van der Waals surface area (Å²) in [5.74, 6) is 0.701. The maximum Gasteiger partial charge on any atom is 0.120 e. The largest absolute Gasteiger partial charge is 0.490 e. The topological polar surface area (TPSA) is 32.7 Å². The zero-order chi connectivity index (χ0) is 17.0. The smallest absolute Gasteiger partial charge is 0.120 e. The van der Waals surface area contributed by atoms with Gasteiger partial charge in [-0.2, -0.15) is 0 Å². The lowest BCUT2D eigenvalue weighted by Crippen LogP contribution is -2.51. The van der Waals surface area contributed by atoms with E-state index in [9.17, 15) is 5.11 Å². The summed E-state index contributed by atoms with van der Waals surface area (Å²) in [7, 11) is 0. The Morgan fingerprint density at radius 1 is 1.21 bits per heavy atom. The summed E-state index contributed by atoms with van der Waals surface area (Å²) in [6, 6.07) is 15.8. The summed E-state index contributed by atoms with van der Waals surface area (Å²) >= 11 is 5.98. The molecule has 1 aliphatic rings. The molecule has 1 fully saturated rings.